The van der Waals surface area contributed by atoms with E-state index in [0.717, 1.165) is 26.8 Å². The number of carbonyl (C=O) groups is 1. The molecular formula is C21H22N2O5S. The topological polar surface area (TPSA) is 70.1 Å². The van der Waals surface area contributed by atoms with E-state index in [1.807, 2.05) is 25.1 Å². The summed E-state index contributed by atoms with van der Waals surface area (Å²) in [6.45, 7) is 3.65. The third kappa shape index (κ3) is 4.37. The number of esters is 1. The second-order valence-corrected chi connectivity index (χ2v) is 7.52. The molecule has 0 radical (unpaired) electrons. The highest BCUT2D eigenvalue weighted by Gasteiger charge is 2.32. The van der Waals surface area contributed by atoms with Crippen LogP contribution in [-0.4, -0.2) is 50.5 Å². The molecule has 1 aliphatic rings. The molecule has 1 saturated heterocycles. The summed E-state index contributed by atoms with van der Waals surface area (Å²) in [6, 6.07) is 13.0. The normalized spacial score (nSPS) is 13.8. The fraction of sp³-hybridized carbons (Fsp3) is 0.333. The first-order chi connectivity index (χ1) is 14.2. The van der Waals surface area contributed by atoms with Crippen LogP contribution in [0, 0.1) is 0 Å². The average molecular weight is 414 g/mol. The summed E-state index contributed by atoms with van der Waals surface area (Å²) in [5, 5.41) is 0.905. The molecule has 0 atom stereocenters. The third-order valence-electron chi connectivity index (χ3n) is 4.50. The number of nitrogens with zero attached hydrogens (tertiary/aromatic N) is 2. The zero-order valence-electron chi connectivity index (χ0n) is 16.3. The molecule has 2 aromatic carbocycles. The molecule has 7 nitrogen and oxygen atoms in total. The van der Waals surface area contributed by atoms with Crippen molar-refractivity contribution in [1.29, 1.82) is 0 Å². The van der Waals surface area contributed by atoms with Gasteiger partial charge < -0.3 is 23.8 Å². The molecule has 0 saturated carbocycles. The largest absolute Gasteiger partial charge is 0.494 e. The maximum Gasteiger partial charge on any atom is 0.344 e. The van der Waals surface area contributed by atoms with Crippen molar-refractivity contribution in [3.8, 4) is 17.2 Å². The second-order valence-electron chi connectivity index (χ2n) is 6.51. The van der Waals surface area contributed by atoms with Crippen LogP contribution in [0.4, 0.5) is 5.13 Å². The molecule has 1 aromatic heterocycles. The highest BCUT2D eigenvalue weighted by Crippen LogP contribution is 2.35. The first-order valence-corrected chi connectivity index (χ1v) is 10.2. The van der Waals surface area contributed by atoms with Crippen molar-refractivity contribution in [3.63, 3.8) is 0 Å². The maximum absolute atomic E-state index is 12.0. The Morgan fingerprint density at radius 1 is 1.14 bits per heavy atom. The number of rotatable bonds is 8. The van der Waals surface area contributed by atoms with E-state index in [2.05, 4.69) is 9.88 Å². The number of para-hydroxylation sites is 1. The molecule has 29 heavy (non-hydrogen) atoms. The van der Waals surface area contributed by atoms with Crippen molar-refractivity contribution in [2.45, 2.75) is 13.0 Å². The van der Waals surface area contributed by atoms with Crippen LogP contribution in [0.3, 0.4) is 0 Å². The quantitative estimate of drug-likeness (QED) is 0.523. The lowest BCUT2D eigenvalue weighted by atomic mass is 10.2. The molecule has 1 fully saturated rings. The van der Waals surface area contributed by atoms with Gasteiger partial charge in [0.2, 0.25) is 0 Å². The number of hydrogen-bond acceptors (Lipinski definition) is 8. The van der Waals surface area contributed by atoms with Crippen LogP contribution >= 0.6 is 11.3 Å². The van der Waals surface area contributed by atoms with E-state index >= 15 is 0 Å². The molecule has 0 bridgehead atoms. The van der Waals surface area contributed by atoms with Crippen LogP contribution in [0.2, 0.25) is 0 Å². The minimum Gasteiger partial charge on any atom is -0.494 e. The van der Waals surface area contributed by atoms with Gasteiger partial charge >= 0.3 is 5.97 Å². The number of benzene rings is 2. The van der Waals surface area contributed by atoms with Gasteiger partial charge in [-0.25, -0.2) is 9.78 Å². The number of fused-ring (bicyclic) bond motifs is 1. The van der Waals surface area contributed by atoms with Gasteiger partial charge in [-0.2, -0.15) is 0 Å². The molecule has 0 aliphatic carbocycles. The number of methoxy groups -OCH3 is 1. The number of hydrogen-bond donors (Lipinski definition) is 0. The Labute approximate surface area is 172 Å². The van der Waals surface area contributed by atoms with E-state index in [9.17, 15) is 4.79 Å². The molecule has 8 heteroatoms. The van der Waals surface area contributed by atoms with Crippen LogP contribution in [0.1, 0.15) is 6.92 Å². The third-order valence-corrected chi connectivity index (χ3v) is 5.58. The molecule has 0 unspecified atom stereocenters. The number of thiazole rings is 1. The summed E-state index contributed by atoms with van der Waals surface area (Å²) in [5.74, 6) is 1.75. The summed E-state index contributed by atoms with van der Waals surface area (Å²) in [6.07, 6.45) is -0.152. The van der Waals surface area contributed by atoms with Gasteiger partial charge in [0.1, 0.15) is 28.9 Å². The highest BCUT2D eigenvalue weighted by molar-refractivity contribution is 7.22. The average Bonchev–Trinajstić information content (AvgIpc) is 3.13. The molecule has 0 N–H and O–H groups in total. The van der Waals surface area contributed by atoms with E-state index in [1.54, 1.807) is 42.7 Å². The maximum atomic E-state index is 12.0. The Balaban J connectivity index is 1.24. The molecule has 0 spiro atoms. The summed E-state index contributed by atoms with van der Waals surface area (Å²) in [5.41, 5.74) is 0.860. The number of carbonyl (C=O) groups excluding carboxylic acids is 1. The zero-order valence-corrected chi connectivity index (χ0v) is 17.1. The van der Waals surface area contributed by atoms with E-state index in [-0.39, 0.29) is 18.7 Å². The lowest BCUT2D eigenvalue weighted by Crippen LogP contribution is -2.53. The zero-order chi connectivity index (χ0) is 20.2. The number of aromatic nitrogens is 1. The lowest BCUT2D eigenvalue weighted by molar-refractivity contribution is -0.152. The lowest BCUT2D eigenvalue weighted by Gasteiger charge is -2.38. The molecule has 152 valence electrons. The molecular weight excluding hydrogens is 392 g/mol. The van der Waals surface area contributed by atoms with Crippen LogP contribution in [0.15, 0.2) is 42.5 Å². The summed E-state index contributed by atoms with van der Waals surface area (Å²) < 4.78 is 22.8. The van der Waals surface area contributed by atoms with E-state index < -0.39 is 0 Å². The van der Waals surface area contributed by atoms with Crippen LogP contribution in [0.25, 0.3) is 10.2 Å². The van der Waals surface area contributed by atoms with Crippen LogP contribution in [-0.2, 0) is 9.53 Å². The smallest absolute Gasteiger partial charge is 0.344 e. The van der Waals surface area contributed by atoms with Gasteiger partial charge in [0, 0.05) is 0 Å². The highest BCUT2D eigenvalue weighted by atomic mass is 32.1. The van der Waals surface area contributed by atoms with Gasteiger partial charge in [-0.3, -0.25) is 0 Å². The summed E-state index contributed by atoms with van der Waals surface area (Å²) >= 11 is 1.60. The second kappa shape index (κ2) is 8.57. The van der Waals surface area contributed by atoms with Crippen LogP contribution < -0.4 is 19.1 Å². The van der Waals surface area contributed by atoms with Crippen molar-refractivity contribution in [2.75, 3.05) is 38.3 Å². The fourth-order valence-electron chi connectivity index (χ4n) is 3.04. The minimum atomic E-state index is -0.380. The van der Waals surface area contributed by atoms with Gasteiger partial charge in [-0.1, -0.05) is 17.4 Å². The number of ether oxygens (including phenoxy) is 4. The Morgan fingerprint density at radius 3 is 2.55 bits per heavy atom. The number of anilines is 1. The first kappa shape index (κ1) is 19.3. The van der Waals surface area contributed by atoms with Crippen molar-refractivity contribution in [1.82, 2.24) is 4.98 Å². The monoisotopic (exact) mass is 414 g/mol. The van der Waals surface area contributed by atoms with Crippen LogP contribution in [0.5, 0.6) is 17.2 Å². The molecule has 4 rings (SSSR count). The molecule has 0 amide bonds. The predicted octanol–water partition coefficient (Wildman–Crippen LogP) is 3.51. The standard InChI is InChI=1S/C21H22N2O5S/c1-3-26-14-7-9-15(10-8-14)27-13-19(24)28-16-11-23(12-16)21-22-20-17(25-2)5-4-6-18(20)29-21/h4-10,16H,3,11-13H2,1-2H3. The van der Waals surface area contributed by atoms with Gasteiger partial charge in [-0.15, -0.1) is 0 Å². The summed E-state index contributed by atoms with van der Waals surface area (Å²) in [4.78, 5) is 18.8. The van der Waals surface area contributed by atoms with Crippen molar-refractivity contribution < 1.29 is 23.7 Å². The van der Waals surface area contributed by atoms with Gasteiger partial charge in [0.25, 0.3) is 0 Å². The molecule has 1 aliphatic heterocycles. The van der Waals surface area contributed by atoms with E-state index in [4.69, 9.17) is 18.9 Å². The predicted molar refractivity (Wildman–Crippen MR) is 111 cm³/mol. The van der Waals surface area contributed by atoms with Crippen molar-refractivity contribution in [2.24, 2.45) is 0 Å². The fourth-order valence-corrected chi connectivity index (χ4v) is 4.04. The Kier molecular flexibility index (Phi) is 5.71. The molecule has 2 heterocycles. The van der Waals surface area contributed by atoms with Gasteiger partial charge in [0.05, 0.1) is 31.5 Å². The summed E-state index contributed by atoms with van der Waals surface area (Å²) in [7, 11) is 1.64. The Morgan fingerprint density at radius 2 is 1.86 bits per heavy atom. The Hall–Kier alpha value is -3.00. The van der Waals surface area contributed by atoms with Crippen molar-refractivity contribution >= 4 is 32.7 Å². The van der Waals surface area contributed by atoms with E-state index in [0.29, 0.717) is 25.4 Å². The Bertz CT molecular complexity index is 982. The SMILES string of the molecule is CCOc1ccc(OCC(=O)OC2CN(c3nc4c(OC)cccc4s3)C2)cc1. The molecule has 3 aromatic rings. The van der Waals surface area contributed by atoms with Gasteiger partial charge in [0.15, 0.2) is 11.7 Å². The van der Waals surface area contributed by atoms with E-state index in [1.165, 1.54) is 0 Å². The van der Waals surface area contributed by atoms with Crippen molar-refractivity contribution in [3.05, 3.63) is 42.5 Å². The van der Waals surface area contributed by atoms with Gasteiger partial charge in [-0.05, 0) is 43.3 Å². The minimum absolute atomic E-state index is 0.122. The first-order valence-electron chi connectivity index (χ1n) is 9.40.